The Balaban J connectivity index is 2.05. The van der Waals surface area contributed by atoms with Crippen molar-refractivity contribution < 1.29 is 13.9 Å². The fraction of sp³-hybridized carbons (Fsp3) is 1.00. The fourth-order valence-electron chi connectivity index (χ4n) is 1.47. The summed E-state index contributed by atoms with van der Waals surface area (Å²) in [7, 11) is 0. The largest absolute Gasteiger partial charge is 0.393 e. The Bertz CT molecular complexity index is 126. The van der Waals surface area contributed by atoms with Gasteiger partial charge in [-0.1, -0.05) is 0 Å². The van der Waals surface area contributed by atoms with E-state index in [0.29, 0.717) is 6.42 Å². The van der Waals surface area contributed by atoms with Crippen molar-refractivity contribution in [2.24, 2.45) is 5.92 Å². The van der Waals surface area contributed by atoms with Crippen LogP contribution in [0.4, 0.5) is 8.78 Å². The molecule has 0 radical (unpaired) electrons. The van der Waals surface area contributed by atoms with E-state index < -0.39 is 5.92 Å². The third-order valence-electron chi connectivity index (χ3n) is 2.17. The minimum Gasteiger partial charge on any atom is -0.393 e. The highest BCUT2D eigenvalue weighted by Crippen LogP contribution is 2.44. The van der Waals surface area contributed by atoms with E-state index in [1.807, 2.05) is 0 Å². The Kier molecular flexibility index (Phi) is 2.47. The van der Waals surface area contributed by atoms with Crippen molar-refractivity contribution >= 4 is 0 Å². The molecule has 3 heteroatoms. The quantitative estimate of drug-likeness (QED) is 0.678. The molecule has 0 bridgehead atoms. The standard InChI is InChI=1S/C8H14F2O/c1-6(11)2-3-7-4-8(9,10)5-7/h6-7,11H,2-5H2,1H3/t6-/m0/s1. The van der Waals surface area contributed by atoms with Gasteiger partial charge in [-0.25, -0.2) is 8.78 Å². The highest BCUT2D eigenvalue weighted by molar-refractivity contribution is 4.85. The highest BCUT2D eigenvalue weighted by Gasteiger charge is 2.44. The van der Waals surface area contributed by atoms with E-state index in [1.54, 1.807) is 6.92 Å². The van der Waals surface area contributed by atoms with Gasteiger partial charge in [0.15, 0.2) is 0 Å². The molecule has 0 amide bonds. The van der Waals surface area contributed by atoms with Crippen LogP contribution in [0.25, 0.3) is 0 Å². The van der Waals surface area contributed by atoms with Crippen LogP contribution in [0.5, 0.6) is 0 Å². The van der Waals surface area contributed by atoms with Gasteiger partial charge in [0.1, 0.15) is 0 Å². The molecule has 1 rings (SSSR count). The Morgan fingerprint density at radius 2 is 2.09 bits per heavy atom. The second-order valence-electron chi connectivity index (χ2n) is 3.56. The average molecular weight is 164 g/mol. The van der Waals surface area contributed by atoms with Crippen molar-refractivity contribution in [3.8, 4) is 0 Å². The minimum atomic E-state index is -2.40. The highest BCUT2D eigenvalue weighted by atomic mass is 19.3. The van der Waals surface area contributed by atoms with Crippen molar-refractivity contribution in [2.75, 3.05) is 0 Å². The summed E-state index contributed by atoms with van der Waals surface area (Å²) in [5, 5.41) is 8.86. The predicted octanol–water partition coefficient (Wildman–Crippen LogP) is 2.19. The molecule has 0 unspecified atom stereocenters. The zero-order chi connectivity index (χ0) is 8.48. The van der Waals surface area contributed by atoms with E-state index in [-0.39, 0.29) is 24.9 Å². The molecule has 1 saturated carbocycles. The molecule has 1 nitrogen and oxygen atoms in total. The van der Waals surface area contributed by atoms with Crippen LogP contribution in [-0.4, -0.2) is 17.1 Å². The second kappa shape index (κ2) is 3.05. The molecule has 0 aromatic heterocycles. The van der Waals surface area contributed by atoms with Crippen molar-refractivity contribution in [2.45, 2.75) is 44.6 Å². The van der Waals surface area contributed by atoms with E-state index in [1.165, 1.54) is 0 Å². The number of alkyl halides is 2. The normalized spacial score (nSPS) is 26.2. The first-order valence-electron chi connectivity index (χ1n) is 4.05. The monoisotopic (exact) mass is 164 g/mol. The maximum Gasteiger partial charge on any atom is 0.248 e. The van der Waals surface area contributed by atoms with Gasteiger partial charge < -0.3 is 5.11 Å². The maximum atomic E-state index is 12.3. The van der Waals surface area contributed by atoms with Crippen LogP contribution in [0.1, 0.15) is 32.6 Å². The lowest BCUT2D eigenvalue weighted by atomic mass is 9.78. The minimum absolute atomic E-state index is 0.0275. The lowest BCUT2D eigenvalue weighted by Gasteiger charge is -2.35. The Morgan fingerprint density at radius 1 is 1.55 bits per heavy atom. The molecule has 0 saturated heterocycles. The Hall–Kier alpha value is -0.180. The lowest BCUT2D eigenvalue weighted by molar-refractivity contribution is -0.113. The van der Waals surface area contributed by atoms with Gasteiger partial charge >= 0.3 is 0 Å². The van der Waals surface area contributed by atoms with Crippen molar-refractivity contribution in [1.29, 1.82) is 0 Å². The first kappa shape index (κ1) is 8.91. The first-order valence-corrected chi connectivity index (χ1v) is 4.05. The van der Waals surface area contributed by atoms with Crippen LogP contribution in [0.3, 0.4) is 0 Å². The first-order chi connectivity index (χ1) is 4.99. The van der Waals surface area contributed by atoms with Gasteiger partial charge in [0.05, 0.1) is 6.10 Å². The van der Waals surface area contributed by atoms with Crippen molar-refractivity contribution in [3.05, 3.63) is 0 Å². The summed E-state index contributed by atoms with van der Waals surface area (Å²) in [6.45, 7) is 1.69. The molecule has 0 spiro atoms. The van der Waals surface area contributed by atoms with Crippen LogP contribution in [0.15, 0.2) is 0 Å². The third-order valence-corrected chi connectivity index (χ3v) is 2.17. The summed E-state index contributed by atoms with van der Waals surface area (Å²) in [6.07, 6.45) is 1.11. The maximum absolute atomic E-state index is 12.3. The van der Waals surface area contributed by atoms with E-state index in [0.717, 1.165) is 6.42 Å². The van der Waals surface area contributed by atoms with Gasteiger partial charge in [0, 0.05) is 12.8 Å². The third kappa shape index (κ3) is 2.73. The van der Waals surface area contributed by atoms with Gasteiger partial charge in [-0.2, -0.15) is 0 Å². The summed E-state index contributed by atoms with van der Waals surface area (Å²) in [5.74, 6) is -2.25. The molecule has 0 aliphatic heterocycles. The summed E-state index contributed by atoms with van der Waals surface area (Å²) in [5.41, 5.74) is 0. The SMILES string of the molecule is C[C@H](O)CCC1CC(F)(F)C1. The average Bonchev–Trinajstić information content (AvgIpc) is 1.78. The molecule has 1 fully saturated rings. The second-order valence-corrected chi connectivity index (χ2v) is 3.56. The van der Waals surface area contributed by atoms with E-state index in [4.69, 9.17) is 5.11 Å². The molecule has 0 heterocycles. The molecule has 1 N–H and O–H groups in total. The fourth-order valence-corrected chi connectivity index (χ4v) is 1.47. The number of aliphatic hydroxyl groups excluding tert-OH is 1. The van der Waals surface area contributed by atoms with Gasteiger partial charge in [0.2, 0.25) is 5.92 Å². The van der Waals surface area contributed by atoms with E-state index in [2.05, 4.69) is 0 Å². The van der Waals surface area contributed by atoms with Gasteiger partial charge in [-0.3, -0.25) is 0 Å². The number of hydrogen-bond donors (Lipinski definition) is 1. The molecule has 1 aliphatic rings. The molecular weight excluding hydrogens is 150 g/mol. The van der Waals surface area contributed by atoms with Crippen molar-refractivity contribution in [1.82, 2.24) is 0 Å². The molecular formula is C8H14F2O. The number of hydrogen-bond acceptors (Lipinski definition) is 1. The smallest absolute Gasteiger partial charge is 0.248 e. The van der Waals surface area contributed by atoms with Crippen LogP contribution < -0.4 is 0 Å². The molecule has 0 aromatic carbocycles. The lowest BCUT2D eigenvalue weighted by Crippen LogP contribution is -2.35. The van der Waals surface area contributed by atoms with Gasteiger partial charge in [0.25, 0.3) is 0 Å². The summed E-state index contributed by atoms with van der Waals surface area (Å²) >= 11 is 0. The Labute approximate surface area is 65.4 Å². The predicted molar refractivity (Wildman–Crippen MR) is 38.6 cm³/mol. The van der Waals surface area contributed by atoms with Gasteiger partial charge in [-0.05, 0) is 25.7 Å². The van der Waals surface area contributed by atoms with Crippen LogP contribution in [-0.2, 0) is 0 Å². The zero-order valence-electron chi connectivity index (χ0n) is 6.69. The molecule has 11 heavy (non-hydrogen) atoms. The van der Waals surface area contributed by atoms with E-state index in [9.17, 15) is 8.78 Å². The molecule has 1 aliphatic carbocycles. The summed E-state index contributed by atoms with van der Waals surface area (Å²) < 4.78 is 24.5. The van der Waals surface area contributed by atoms with Crippen LogP contribution in [0, 0.1) is 5.92 Å². The molecule has 66 valence electrons. The molecule has 0 aromatic rings. The zero-order valence-corrected chi connectivity index (χ0v) is 6.69. The Morgan fingerprint density at radius 3 is 2.45 bits per heavy atom. The number of rotatable bonds is 3. The topological polar surface area (TPSA) is 20.2 Å². The van der Waals surface area contributed by atoms with Crippen LogP contribution in [0.2, 0.25) is 0 Å². The van der Waals surface area contributed by atoms with Crippen molar-refractivity contribution in [3.63, 3.8) is 0 Å². The molecule has 1 atom stereocenters. The summed E-state index contributed by atoms with van der Waals surface area (Å²) in [6, 6.07) is 0. The number of aliphatic hydroxyl groups is 1. The summed E-state index contributed by atoms with van der Waals surface area (Å²) in [4.78, 5) is 0. The van der Waals surface area contributed by atoms with E-state index >= 15 is 0 Å². The van der Waals surface area contributed by atoms with Crippen LogP contribution >= 0.6 is 0 Å². The van der Waals surface area contributed by atoms with Gasteiger partial charge in [-0.15, -0.1) is 0 Å². The number of halogens is 2.